The van der Waals surface area contributed by atoms with Crippen molar-refractivity contribution in [3.63, 3.8) is 0 Å². The number of hydrogen-bond acceptors (Lipinski definition) is 2. The molecule has 0 bridgehead atoms. The second kappa shape index (κ2) is 4.28. The Morgan fingerprint density at radius 1 is 1.36 bits per heavy atom. The van der Waals surface area contributed by atoms with Crippen molar-refractivity contribution in [2.45, 2.75) is 32.7 Å². The first-order chi connectivity index (χ1) is 4.93. The first-order valence-electron chi connectivity index (χ1n) is 3.61. The zero-order chi connectivity index (χ0) is 9.07. The summed E-state index contributed by atoms with van der Waals surface area (Å²) in [6.45, 7) is 3.87. The van der Waals surface area contributed by atoms with Gasteiger partial charge in [-0.1, -0.05) is 13.8 Å². The van der Waals surface area contributed by atoms with Gasteiger partial charge in [-0.25, -0.2) is 0 Å². The third kappa shape index (κ3) is 3.40. The highest BCUT2D eigenvalue weighted by Gasteiger charge is 2.20. The van der Waals surface area contributed by atoms with Gasteiger partial charge < -0.3 is 0 Å². The van der Waals surface area contributed by atoms with Crippen LogP contribution < -0.4 is 0 Å². The van der Waals surface area contributed by atoms with Gasteiger partial charge in [0.2, 0.25) is 0 Å². The first-order valence-corrected chi connectivity index (χ1v) is 5.87. The van der Waals surface area contributed by atoms with Crippen molar-refractivity contribution >= 4 is 19.9 Å². The summed E-state index contributed by atoms with van der Waals surface area (Å²) in [5.74, 6) is 0. The van der Waals surface area contributed by atoms with Crippen LogP contribution in [0.2, 0.25) is 0 Å². The van der Waals surface area contributed by atoms with Gasteiger partial charge in [-0.3, -0.25) is 0 Å². The summed E-state index contributed by atoms with van der Waals surface area (Å²) in [5.41, 5.74) is 0. The van der Waals surface area contributed by atoms with E-state index in [1.165, 1.54) is 11.4 Å². The molecule has 0 radical (unpaired) electrons. The Morgan fingerprint density at radius 3 is 1.82 bits per heavy atom. The molecule has 0 N–H and O–H groups in total. The van der Waals surface area contributed by atoms with E-state index in [4.69, 9.17) is 10.7 Å². The minimum absolute atomic E-state index is 0.0255. The molecule has 0 saturated heterocycles. The molecule has 0 saturated carbocycles. The number of nitrogens with zero attached hydrogens (tertiary/aromatic N) is 1. The lowest BCUT2D eigenvalue weighted by atomic mass is 10.2. The van der Waals surface area contributed by atoms with Crippen LogP contribution in [-0.2, 0) is 9.24 Å². The number of rotatable bonds is 4. The molecule has 0 aromatic heterocycles. The molecule has 0 aromatic rings. The lowest BCUT2D eigenvalue weighted by molar-refractivity contribution is 0.356. The van der Waals surface area contributed by atoms with Crippen LogP contribution in [0, 0.1) is 0 Å². The summed E-state index contributed by atoms with van der Waals surface area (Å²) in [5, 5.41) is 0. The molecular formula is C6H14ClNO2S. The minimum Gasteiger partial charge on any atom is -0.195 e. The van der Waals surface area contributed by atoms with Crippen LogP contribution in [0.15, 0.2) is 0 Å². The Hall–Kier alpha value is 0.200. The monoisotopic (exact) mass is 199 g/mol. The quantitative estimate of drug-likeness (QED) is 0.645. The Balaban J connectivity index is 4.33. The van der Waals surface area contributed by atoms with Gasteiger partial charge in [0.25, 0.3) is 9.24 Å². The van der Waals surface area contributed by atoms with Crippen LogP contribution in [0.3, 0.4) is 0 Å². The highest BCUT2D eigenvalue weighted by atomic mass is 35.7. The Bertz CT molecular complexity index is 199. The molecule has 0 unspecified atom stereocenters. The predicted molar refractivity (Wildman–Crippen MR) is 46.9 cm³/mol. The number of halogens is 1. The molecule has 0 aliphatic heterocycles. The molecule has 0 amide bonds. The third-order valence-corrected chi connectivity index (χ3v) is 3.44. The van der Waals surface area contributed by atoms with Gasteiger partial charge in [-0.15, -0.1) is 0 Å². The van der Waals surface area contributed by atoms with E-state index >= 15 is 0 Å². The van der Waals surface area contributed by atoms with E-state index in [9.17, 15) is 8.42 Å². The van der Waals surface area contributed by atoms with Crippen molar-refractivity contribution in [1.29, 1.82) is 0 Å². The molecule has 0 fully saturated rings. The summed E-state index contributed by atoms with van der Waals surface area (Å²) >= 11 is 0. The van der Waals surface area contributed by atoms with Crippen molar-refractivity contribution in [3.05, 3.63) is 0 Å². The van der Waals surface area contributed by atoms with E-state index in [1.54, 1.807) is 0 Å². The fourth-order valence-electron chi connectivity index (χ4n) is 0.981. The molecule has 0 aliphatic carbocycles. The van der Waals surface area contributed by atoms with Crippen molar-refractivity contribution in [3.8, 4) is 0 Å². The summed E-state index contributed by atoms with van der Waals surface area (Å²) in [6.07, 6.45) is 1.58. The molecular weight excluding hydrogens is 186 g/mol. The predicted octanol–water partition coefficient (Wildman–Crippen LogP) is 1.59. The van der Waals surface area contributed by atoms with Crippen LogP contribution >= 0.6 is 10.7 Å². The summed E-state index contributed by atoms with van der Waals surface area (Å²) in [4.78, 5) is 0. The normalized spacial score (nSPS) is 12.9. The van der Waals surface area contributed by atoms with E-state index < -0.39 is 9.24 Å². The Morgan fingerprint density at radius 2 is 1.73 bits per heavy atom. The average molecular weight is 200 g/mol. The maximum absolute atomic E-state index is 10.8. The molecule has 0 spiro atoms. The van der Waals surface area contributed by atoms with Crippen molar-refractivity contribution in [2.24, 2.45) is 0 Å². The van der Waals surface area contributed by atoms with Gasteiger partial charge in [-0.2, -0.15) is 12.7 Å². The minimum atomic E-state index is -3.52. The summed E-state index contributed by atoms with van der Waals surface area (Å²) in [6, 6.07) is 0.0255. The molecule has 0 heterocycles. The smallest absolute Gasteiger partial charge is 0.195 e. The number of hydrogen-bond donors (Lipinski definition) is 0. The van der Waals surface area contributed by atoms with E-state index in [2.05, 4.69) is 0 Å². The molecule has 3 nitrogen and oxygen atoms in total. The Labute approximate surface area is 72.9 Å². The van der Waals surface area contributed by atoms with Crippen LogP contribution in [0.5, 0.6) is 0 Å². The van der Waals surface area contributed by atoms with Gasteiger partial charge in [0.1, 0.15) is 0 Å². The first kappa shape index (κ1) is 11.2. The van der Waals surface area contributed by atoms with Gasteiger partial charge in [0.15, 0.2) is 0 Å². The van der Waals surface area contributed by atoms with E-state index in [1.807, 2.05) is 13.8 Å². The molecule has 0 aliphatic rings. The Kier molecular flexibility index (Phi) is 4.36. The van der Waals surface area contributed by atoms with Crippen LogP contribution in [0.1, 0.15) is 26.7 Å². The molecule has 5 heteroatoms. The van der Waals surface area contributed by atoms with Crippen molar-refractivity contribution in [1.82, 2.24) is 4.31 Å². The van der Waals surface area contributed by atoms with E-state index in [-0.39, 0.29) is 6.04 Å². The summed E-state index contributed by atoms with van der Waals surface area (Å²) < 4.78 is 22.8. The molecule has 11 heavy (non-hydrogen) atoms. The van der Waals surface area contributed by atoms with Gasteiger partial charge in [0, 0.05) is 23.8 Å². The van der Waals surface area contributed by atoms with Crippen molar-refractivity contribution < 1.29 is 8.42 Å². The lowest BCUT2D eigenvalue weighted by Crippen LogP contribution is -2.33. The van der Waals surface area contributed by atoms with E-state index in [0.29, 0.717) is 0 Å². The summed E-state index contributed by atoms with van der Waals surface area (Å²) in [7, 11) is 3.11. The topological polar surface area (TPSA) is 37.4 Å². The fourth-order valence-corrected chi connectivity index (χ4v) is 1.97. The second-order valence-electron chi connectivity index (χ2n) is 2.43. The van der Waals surface area contributed by atoms with Crippen molar-refractivity contribution in [2.75, 3.05) is 7.05 Å². The lowest BCUT2D eigenvalue weighted by Gasteiger charge is -2.21. The standard InChI is InChI=1S/C6H14ClNO2S/c1-4-6(5-2)8(3)11(7,9)10/h6H,4-5H2,1-3H3. The second-order valence-corrected chi connectivity index (χ2v) is 5.00. The van der Waals surface area contributed by atoms with Crippen LogP contribution in [0.25, 0.3) is 0 Å². The van der Waals surface area contributed by atoms with Crippen LogP contribution in [0.4, 0.5) is 0 Å². The largest absolute Gasteiger partial charge is 0.299 e. The van der Waals surface area contributed by atoms with Crippen LogP contribution in [-0.4, -0.2) is 25.8 Å². The average Bonchev–Trinajstić information content (AvgIpc) is 1.88. The van der Waals surface area contributed by atoms with Gasteiger partial charge in [0.05, 0.1) is 0 Å². The molecule has 0 rings (SSSR count). The zero-order valence-electron chi connectivity index (χ0n) is 7.04. The van der Waals surface area contributed by atoms with Gasteiger partial charge >= 0.3 is 0 Å². The maximum atomic E-state index is 10.8. The highest BCUT2D eigenvalue weighted by Crippen LogP contribution is 2.13. The highest BCUT2D eigenvalue weighted by molar-refractivity contribution is 8.11. The van der Waals surface area contributed by atoms with E-state index in [0.717, 1.165) is 12.8 Å². The molecule has 0 atom stereocenters. The molecule has 0 aromatic carbocycles. The zero-order valence-corrected chi connectivity index (χ0v) is 8.61. The maximum Gasteiger partial charge on any atom is 0.299 e. The third-order valence-electron chi connectivity index (χ3n) is 1.80. The fraction of sp³-hybridized carbons (Fsp3) is 1.00. The van der Waals surface area contributed by atoms with Gasteiger partial charge in [-0.05, 0) is 12.8 Å². The SMILES string of the molecule is CCC(CC)N(C)S(=O)(=O)Cl. The molecule has 68 valence electrons.